The molecule has 0 aliphatic heterocycles. The third-order valence-corrected chi connectivity index (χ3v) is 1.97. The van der Waals surface area contributed by atoms with E-state index in [1.165, 1.54) is 0 Å². The fraction of sp³-hybridized carbons (Fsp3) is 0.222. The van der Waals surface area contributed by atoms with Gasteiger partial charge in [0.25, 0.3) is 0 Å². The van der Waals surface area contributed by atoms with Crippen molar-refractivity contribution in [3.63, 3.8) is 0 Å². The van der Waals surface area contributed by atoms with E-state index in [4.69, 9.17) is 9.84 Å². The normalized spacial score (nSPS) is 10.0. The smallest absolute Gasteiger partial charge is 0.335 e. The Balaban J connectivity index is 3.03. The molecule has 0 unspecified atom stereocenters. The van der Waals surface area contributed by atoms with Crippen molar-refractivity contribution in [1.29, 1.82) is 0 Å². The summed E-state index contributed by atoms with van der Waals surface area (Å²) in [6.07, 6.45) is 0. The number of carboxylic acid groups (broad SMARTS) is 1. The summed E-state index contributed by atoms with van der Waals surface area (Å²) < 4.78 is 5.65. The summed E-state index contributed by atoms with van der Waals surface area (Å²) >= 11 is 3.23. The van der Waals surface area contributed by atoms with Crippen molar-refractivity contribution in [3.8, 4) is 0 Å². The number of methoxy groups -OCH3 is 1. The Morgan fingerprint density at radius 2 is 2.23 bits per heavy atom. The van der Waals surface area contributed by atoms with E-state index in [-0.39, 0.29) is 5.56 Å². The molecule has 0 saturated carbocycles. The van der Waals surface area contributed by atoms with E-state index in [1.807, 2.05) is 6.07 Å². The van der Waals surface area contributed by atoms with Crippen LogP contribution in [0.15, 0.2) is 22.7 Å². The topological polar surface area (TPSA) is 46.5 Å². The van der Waals surface area contributed by atoms with Crippen LogP contribution in [-0.4, -0.2) is 18.2 Å². The molecule has 0 fully saturated rings. The van der Waals surface area contributed by atoms with Crippen LogP contribution in [0.1, 0.15) is 15.9 Å². The second-order valence-electron chi connectivity index (χ2n) is 2.59. The zero-order valence-electron chi connectivity index (χ0n) is 7.08. The van der Waals surface area contributed by atoms with Crippen LogP contribution in [0, 0.1) is 0 Å². The van der Waals surface area contributed by atoms with Crippen molar-refractivity contribution in [2.75, 3.05) is 7.11 Å². The highest BCUT2D eigenvalue weighted by Crippen LogP contribution is 2.16. The maximum atomic E-state index is 10.6. The Morgan fingerprint density at radius 3 is 2.77 bits per heavy atom. The minimum atomic E-state index is -0.932. The van der Waals surface area contributed by atoms with Gasteiger partial charge < -0.3 is 9.84 Å². The highest BCUT2D eigenvalue weighted by Gasteiger charge is 2.05. The van der Waals surface area contributed by atoms with E-state index in [0.29, 0.717) is 6.61 Å². The first-order valence-electron chi connectivity index (χ1n) is 3.65. The summed E-state index contributed by atoms with van der Waals surface area (Å²) in [5.41, 5.74) is 1.11. The molecule has 0 heterocycles. The van der Waals surface area contributed by atoms with Gasteiger partial charge in [-0.1, -0.05) is 15.9 Å². The Bertz CT molecular complexity index is 323. The summed E-state index contributed by atoms with van der Waals surface area (Å²) in [5, 5.41) is 8.74. The molecule has 4 heteroatoms. The molecular formula is C9H9BrO3. The maximum absolute atomic E-state index is 10.6. The monoisotopic (exact) mass is 244 g/mol. The molecule has 0 bridgehead atoms. The molecule has 0 aliphatic rings. The van der Waals surface area contributed by atoms with Crippen LogP contribution < -0.4 is 0 Å². The SMILES string of the molecule is COCc1cc(Br)cc(C(=O)O)c1. The van der Waals surface area contributed by atoms with Crippen LogP contribution in [0.4, 0.5) is 0 Å². The van der Waals surface area contributed by atoms with E-state index in [9.17, 15) is 4.79 Å². The third kappa shape index (κ3) is 2.82. The number of carboxylic acids is 1. The van der Waals surface area contributed by atoms with Crippen molar-refractivity contribution in [2.24, 2.45) is 0 Å². The molecule has 70 valence electrons. The van der Waals surface area contributed by atoms with E-state index >= 15 is 0 Å². The van der Waals surface area contributed by atoms with Gasteiger partial charge in [-0.25, -0.2) is 4.79 Å². The van der Waals surface area contributed by atoms with Crippen molar-refractivity contribution < 1.29 is 14.6 Å². The van der Waals surface area contributed by atoms with Gasteiger partial charge in [-0.15, -0.1) is 0 Å². The van der Waals surface area contributed by atoms with Gasteiger partial charge >= 0.3 is 5.97 Å². The summed E-state index contributed by atoms with van der Waals surface area (Å²) in [5.74, 6) is -0.932. The molecule has 0 radical (unpaired) electrons. The highest BCUT2D eigenvalue weighted by atomic mass is 79.9. The molecule has 1 aromatic rings. The number of halogens is 1. The Hall–Kier alpha value is -0.870. The van der Waals surface area contributed by atoms with Crippen LogP contribution in [0.25, 0.3) is 0 Å². The number of benzene rings is 1. The fourth-order valence-electron chi connectivity index (χ4n) is 1.02. The lowest BCUT2D eigenvalue weighted by atomic mass is 10.1. The van der Waals surface area contributed by atoms with E-state index < -0.39 is 5.97 Å². The number of aromatic carboxylic acids is 1. The van der Waals surface area contributed by atoms with Crippen molar-refractivity contribution in [1.82, 2.24) is 0 Å². The molecule has 0 aromatic heterocycles. The molecular weight excluding hydrogens is 236 g/mol. The predicted molar refractivity (Wildman–Crippen MR) is 51.8 cm³/mol. The molecule has 0 saturated heterocycles. The van der Waals surface area contributed by atoms with Crippen molar-refractivity contribution >= 4 is 21.9 Å². The zero-order valence-corrected chi connectivity index (χ0v) is 8.67. The second kappa shape index (κ2) is 4.39. The van der Waals surface area contributed by atoms with Crippen LogP contribution in [0.3, 0.4) is 0 Å². The number of hydrogen-bond donors (Lipinski definition) is 1. The van der Waals surface area contributed by atoms with Crippen LogP contribution in [0.2, 0.25) is 0 Å². The fourth-order valence-corrected chi connectivity index (χ4v) is 1.56. The van der Waals surface area contributed by atoms with Crippen LogP contribution in [0.5, 0.6) is 0 Å². The average molecular weight is 245 g/mol. The second-order valence-corrected chi connectivity index (χ2v) is 3.50. The predicted octanol–water partition coefficient (Wildman–Crippen LogP) is 2.29. The Morgan fingerprint density at radius 1 is 1.54 bits per heavy atom. The molecule has 0 aliphatic carbocycles. The molecule has 13 heavy (non-hydrogen) atoms. The van der Waals surface area contributed by atoms with Gasteiger partial charge in [0.05, 0.1) is 12.2 Å². The van der Waals surface area contributed by atoms with Gasteiger partial charge in [0.2, 0.25) is 0 Å². The lowest BCUT2D eigenvalue weighted by Gasteiger charge is -2.02. The minimum Gasteiger partial charge on any atom is -0.478 e. The van der Waals surface area contributed by atoms with Gasteiger partial charge in [-0.05, 0) is 23.8 Å². The molecule has 1 rings (SSSR count). The van der Waals surface area contributed by atoms with Crippen molar-refractivity contribution in [2.45, 2.75) is 6.61 Å². The summed E-state index contributed by atoms with van der Waals surface area (Å²) in [4.78, 5) is 10.6. The first-order valence-corrected chi connectivity index (χ1v) is 4.44. The summed E-state index contributed by atoms with van der Waals surface area (Å²) in [6.45, 7) is 0.416. The van der Waals surface area contributed by atoms with Gasteiger partial charge in [0.1, 0.15) is 0 Å². The van der Waals surface area contributed by atoms with Gasteiger partial charge in [0, 0.05) is 11.6 Å². The third-order valence-electron chi connectivity index (χ3n) is 1.52. The van der Waals surface area contributed by atoms with Crippen LogP contribution >= 0.6 is 15.9 Å². The first kappa shape index (κ1) is 10.2. The molecule has 3 nitrogen and oxygen atoms in total. The van der Waals surface area contributed by atoms with E-state index in [0.717, 1.165) is 10.0 Å². The van der Waals surface area contributed by atoms with Crippen LogP contribution in [-0.2, 0) is 11.3 Å². The largest absolute Gasteiger partial charge is 0.478 e. The lowest BCUT2D eigenvalue weighted by molar-refractivity contribution is 0.0696. The first-order chi connectivity index (χ1) is 6.13. The highest BCUT2D eigenvalue weighted by molar-refractivity contribution is 9.10. The maximum Gasteiger partial charge on any atom is 0.335 e. The number of hydrogen-bond acceptors (Lipinski definition) is 2. The van der Waals surface area contributed by atoms with E-state index in [2.05, 4.69) is 15.9 Å². The average Bonchev–Trinajstić information content (AvgIpc) is 2.03. The quantitative estimate of drug-likeness (QED) is 0.888. The minimum absolute atomic E-state index is 0.265. The summed E-state index contributed by atoms with van der Waals surface area (Å²) in [7, 11) is 1.57. The number of rotatable bonds is 3. The molecule has 0 atom stereocenters. The summed E-state index contributed by atoms with van der Waals surface area (Å²) in [6, 6.07) is 4.98. The molecule has 0 spiro atoms. The standard InChI is InChI=1S/C9H9BrO3/c1-13-5-6-2-7(9(11)12)4-8(10)3-6/h2-4H,5H2,1H3,(H,11,12). The van der Waals surface area contributed by atoms with E-state index in [1.54, 1.807) is 19.2 Å². The molecule has 1 N–H and O–H groups in total. The zero-order chi connectivity index (χ0) is 9.84. The molecule has 1 aromatic carbocycles. The van der Waals surface area contributed by atoms with Crippen molar-refractivity contribution in [3.05, 3.63) is 33.8 Å². The lowest BCUT2D eigenvalue weighted by Crippen LogP contribution is -1.98. The van der Waals surface area contributed by atoms with Gasteiger partial charge in [-0.2, -0.15) is 0 Å². The Labute approximate surface area is 84.5 Å². The van der Waals surface area contributed by atoms with Gasteiger partial charge in [0.15, 0.2) is 0 Å². The Kier molecular flexibility index (Phi) is 3.45. The molecule has 0 amide bonds. The number of carbonyl (C=O) groups is 1. The van der Waals surface area contributed by atoms with Gasteiger partial charge in [-0.3, -0.25) is 0 Å². The number of ether oxygens (including phenoxy) is 1.